The summed E-state index contributed by atoms with van der Waals surface area (Å²) in [5.74, 6) is -0.226. The Hall–Kier alpha value is -4.59. The first kappa shape index (κ1) is 28.9. The highest BCUT2D eigenvalue weighted by Crippen LogP contribution is 2.33. The Morgan fingerprint density at radius 3 is 2.26 bits per heavy atom. The average Bonchev–Trinajstić information content (AvgIpc) is 3.59. The average molecular weight is 604 g/mol. The summed E-state index contributed by atoms with van der Waals surface area (Å²) in [7, 11) is -3.49. The summed E-state index contributed by atoms with van der Waals surface area (Å²) in [6, 6.07) is 16.5. The molecule has 14 heteroatoms. The number of aryl methyl sites for hydroxylation is 1. The number of benzene rings is 3. The first-order chi connectivity index (χ1) is 19.9. The van der Waals surface area contributed by atoms with Crippen LogP contribution in [-0.4, -0.2) is 45.1 Å². The van der Waals surface area contributed by atoms with Crippen LogP contribution in [0.3, 0.4) is 0 Å². The van der Waals surface area contributed by atoms with Gasteiger partial charge in [0.1, 0.15) is 17.3 Å². The fraction of sp³-hybridized carbons (Fsp3) is 0.179. The Bertz CT molecular complexity index is 1850. The molecule has 218 valence electrons. The number of halogens is 5. The Balaban J connectivity index is 1.67. The summed E-state index contributed by atoms with van der Waals surface area (Å²) in [4.78, 5) is 4.09. The van der Waals surface area contributed by atoms with Gasteiger partial charge in [-0.1, -0.05) is 30.3 Å². The minimum absolute atomic E-state index is 0.0812. The van der Waals surface area contributed by atoms with Crippen LogP contribution in [-0.2, 0) is 9.84 Å². The molecule has 5 aromatic rings. The van der Waals surface area contributed by atoms with E-state index in [0.717, 1.165) is 12.1 Å². The lowest BCUT2D eigenvalue weighted by atomic mass is 10.0. The number of hydrogen-bond acceptors (Lipinski definition) is 6. The van der Waals surface area contributed by atoms with Crippen LogP contribution >= 0.6 is 0 Å². The van der Waals surface area contributed by atoms with Gasteiger partial charge in [-0.2, -0.15) is 0 Å². The lowest BCUT2D eigenvalue weighted by molar-refractivity contribution is -0.274. The fourth-order valence-electron chi connectivity index (χ4n) is 4.39. The number of sulfone groups is 1. The van der Waals surface area contributed by atoms with Crippen molar-refractivity contribution in [3.05, 3.63) is 90.6 Å². The molecule has 0 atom stereocenters. The van der Waals surface area contributed by atoms with E-state index in [2.05, 4.69) is 20.0 Å². The van der Waals surface area contributed by atoms with Crippen LogP contribution in [0.25, 0.3) is 33.8 Å². The predicted molar refractivity (Wildman–Crippen MR) is 143 cm³/mol. The van der Waals surface area contributed by atoms with Gasteiger partial charge in [-0.3, -0.25) is 0 Å². The first-order valence-corrected chi connectivity index (χ1v) is 14.1. The van der Waals surface area contributed by atoms with Gasteiger partial charge in [-0.05, 0) is 66.6 Å². The number of imidazole rings is 1. The van der Waals surface area contributed by atoms with E-state index in [1.807, 2.05) is 0 Å². The second-order valence-corrected chi connectivity index (χ2v) is 11.4. The summed E-state index contributed by atoms with van der Waals surface area (Å²) < 4.78 is 96.8. The van der Waals surface area contributed by atoms with Crippen molar-refractivity contribution in [2.75, 3.05) is 5.75 Å². The van der Waals surface area contributed by atoms with E-state index in [1.54, 1.807) is 44.2 Å². The number of alkyl halides is 5. The van der Waals surface area contributed by atoms with E-state index in [4.69, 9.17) is 0 Å². The van der Waals surface area contributed by atoms with E-state index in [0.29, 0.717) is 33.8 Å². The first-order valence-electron chi connectivity index (χ1n) is 12.4. The van der Waals surface area contributed by atoms with Crippen LogP contribution in [0, 0.1) is 6.92 Å². The number of hydrogen-bond donors (Lipinski definition) is 0. The van der Waals surface area contributed by atoms with Gasteiger partial charge < -0.3 is 9.30 Å². The topological polar surface area (TPSA) is 91.9 Å². The number of rotatable bonds is 8. The summed E-state index contributed by atoms with van der Waals surface area (Å²) >= 11 is 0. The maximum atomic E-state index is 13.5. The molecule has 3 aromatic carbocycles. The Morgan fingerprint density at radius 2 is 1.62 bits per heavy atom. The molecule has 2 aromatic heterocycles. The zero-order valence-corrected chi connectivity index (χ0v) is 22.9. The van der Waals surface area contributed by atoms with Crippen molar-refractivity contribution in [2.24, 2.45) is 0 Å². The number of aromatic nitrogens is 5. The highest BCUT2D eigenvalue weighted by atomic mass is 32.2. The molecular weight excluding hydrogens is 581 g/mol. The Kier molecular flexibility index (Phi) is 7.58. The van der Waals surface area contributed by atoms with E-state index < -0.39 is 34.1 Å². The molecule has 5 rings (SSSR count). The van der Waals surface area contributed by atoms with Crippen molar-refractivity contribution < 1.29 is 35.1 Å². The molecule has 0 saturated carbocycles. The van der Waals surface area contributed by atoms with Crippen LogP contribution in [0.2, 0.25) is 0 Å². The molecule has 0 N–H and O–H groups in total. The van der Waals surface area contributed by atoms with Crippen molar-refractivity contribution in [3.8, 4) is 39.5 Å². The van der Waals surface area contributed by atoms with E-state index in [9.17, 15) is 30.4 Å². The van der Waals surface area contributed by atoms with Gasteiger partial charge in [-0.15, -0.1) is 18.3 Å². The summed E-state index contributed by atoms with van der Waals surface area (Å²) in [6.45, 7) is 3.11. The molecule has 0 saturated heterocycles. The third kappa shape index (κ3) is 5.88. The highest BCUT2D eigenvalue weighted by molar-refractivity contribution is 7.91. The van der Waals surface area contributed by atoms with E-state index >= 15 is 0 Å². The second-order valence-electron chi connectivity index (χ2n) is 9.12. The molecule has 2 heterocycles. The van der Waals surface area contributed by atoms with Gasteiger partial charge in [0.25, 0.3) is 6.43 Å². The molecule has 0 aliphatic heterocycles. The van der Waals surface area contributed by atoms with Gasteiger partial charge in [0, 0.05) is 11.8 Å². The summed E-state index contributed by atoms with van der Waals surface area (Å²) in [6.07, 6.45) is -5.06. The molecule has 0 bridgehead atoms. The van der Waals surface area contributed by atoms with Crippen LogP contribution < -0.4 is 4.74 Å². The summed E-state index contributed by atoms with van der Waals surface area (Å²) in [5.41, 5.74) is 2.31. The van der Waals surface area contributed by atoms with Crippen molar-refractivity contribution in [2.45, 2.75) is 31.5 Å². The normalized spacial score (nSPS) is 12.2. The molecule has 0 radical (unpaired) electrons. The van der Waals surface area contributed by atoms with Crippen LogP contribution in [0.15, 0.2) is 84.0 Å². The fourth-order valence-corrected chi connectivity index (χ4v) is 5.32. The largest absolute Gasteiger partial charge is 0.573 e. The molecular formula is C28H22F5N5O3S. The van der Waals surface area contributed by atoms with Gasteiger partial charge in [0.15, 0.2) is 9.84 Å². The predicted octanol–water partition coefficient (Wildman–Crippen LogP) is 6.73. The van der Waals surface area contributed by atoms with Crippen LogP contribution in [0.1, 0.15) is 24.9 Å². The minimum Gasteiger partial charge on any atom is -0.406 e. The third-order valence-corrected chi connectivity index (χ3v) is 8.16. The van der Waals surface area contributed by atoms with Gasteiger partial charge in [0.2, 0.25) is 0 Å². The zero-order valence-electron chi connectivity index (χ0n) is 22.0. The molecule has 0 aliphatic rings. The standard InChI is InChI=1S/C28H22F5N5O3S/c1-3-42(39,40)22-6-4-5-19(13-22)20-9-12-24(37-16-23(27(29)30)35-17(37)2)25(14-20)38-26(15-34-36-38)18-7-10-21(11-8-18)41-28(31,32)33/h4-16,27H,3H2,1-2H3. The maximum absolute atomic E-state index is 13.5. The second kappa shape index (κ2) is 11.0. The highest BCUT2D eigenvalue weighted by Gasteiger charge is 2.31. The van der Waals surface area contributed by atoms with Gasteiger partial charge >= 0.3 is 6.36 Å². The molecule has 0 spiro atoms. The van der Waals surface area contributed by atoms with E-state index in [-0.39, 0.29) is 16.5 Å². The monoisotopic (exact) mass is 603 g/mol. The lowest BCUT2D eigenvalue weighted by Gasteiger charge is -2.16. The third-order valence-electron chi connectivity index (χ3n) is 6.43. The molecule has 0 unspecified atom stereocenters. The summed E-state index contributed by atoms with van der Waals surface area (Å²) in [5, 5.41) is 8.17. The Labute approximate surface area is 236 Å². The molecule has 0 fully saturated rings. The molecule has 0 aliphatic carbocycles. The molecule has 8 nitrogen and oxygen atoms in total. The van der Waals surface area contributed by atoms with Crippen molar-refractivity contribution >= 4 is 9.84 Å². The van der Waals surface area contributed by atoms with Crippen LogP contribution in [0.4, 0.5) is 22.0 Å². The lowest BCUT2D eigenvalue weighted by Crippen LogP contribution is -2.16. The number of ether oxygens (including phenoxy) is 1. The minimum atomic E-state index is -4.85. The van der Waals surface area contributed by atoms with Gasteiger partial charge in [-0.25, -0.2) is 26.9 Å². The van der Waals surface area contributed by atoms with E-state index in [1.165, 1.54) is 45.9 Å². The van der Waals surface area contributed by atoms with Crippen molar-refractivity contribution in [1.82, 2.24) is 24.5 Å². The van der Waals surface area contributed by atoms with Crippen molar-refractivity contribution in [1.29, 1.82) is 0 Å². The van der Waals surface area contributed by atoms with Crippen molar-refractivity contribution in [3.63, 3.8) is 0 Å². The molecule has 42 heavy (non-hydrogen) atoms. The zero-order chi connectivity index (χ0) is 30.2. The van der Waals surface area contributed by atoms with Gasteiger partial charge in [0.05, 0.1) is 33.9 Å². The Morgan fingerprint density at radius 1 is 0.929 bits per heavy atom. The SMILES string of the molecule is CCS(=O)(=O)c1cccc(-c2ccc(-n3cc(C(F)F)nc3C)c(-n3nncc3-c3ccc(OC(F)(F)F)cc3)c2)c1. The quantitative estimate of drug-likeness (QED) is 0.183. The van der Waals surface area contributed by atoms with Crippen LogP contribution in [0.5, 0.6) is 5.75 Å². The maximum Gasteiger partial charge on any atom is 0.573 e. The smallest absolute Gasteiger partial charge is 0.406 e. The molecule has 0 amide bonds. The number of nitrogens with zero attached hydrogens (tertiary/aromatic N) is 5.